The second kappa shape index (κ2) is 7.76. The summed E-state index contributed by atoms with van der Waals surface area (Å²) in [6.07, 6.45) is 12.3. The van der Waals surface area contributed by atoms with Crippen molar-refractivity contribution in [3.63, 3.8) is 0 Å². The molecule has 0 atom stereocenters. The molecule has 0 bridgehead atoms. The molecule has 0 amide bonds. The van der Waals surface area contributed by atoms with Gasteiger partial charge >= 0.3 is 8.25 Å². The highest BCUT2D eigenvalue weighted by Gasteiger charge is 2.13. The van der Waals surface area contributed by atoms with Crippen LogP contribution in [0.4, 0.5) is 0 Å². The molecule has 0 aliphatic carbocycles. The van der Waals surface area contributed by atoms with Crippen LogP contribution in [0.5, 0.6) is 0 Å². The molecule has 2 aliphatic rings. The van der Waals surface area contributed by atoms with Gasteiger partial charge in [0.15, 0.2) is 12.4 Å². The molecular formula is C9H12NO5P. The van der Waals surface area contributed by atoms with Gasteiger partial charge in [-0.3, -0.25) is 4.57 Å². The number of carboxylic acids is 1. The molecule has 2 aliphatic heterocycles. The Labute approximate surface area is 93.1 Å². The van der Waals surface area contributed by atoms with Gasteiger partial charge in [0.05, 0.1) is 0 Å². The van der Waals surface area contributed by atoms with Gasteiger partial charge in [-0.25, -0.2) is 0 Å². The van der Waals surface area contributed by atoms with Crippen LogP contribution >= 0.6 is 8.25 Å². The van der Waals surface area contributed by atoms with E-state index in [4.69, 9.17) is 24.3 Å². The summed E-state index contributed by atoms with van der Waals surface area (Å²) >= 11 is 0. The van der Waals surface area contributed by atoms with E-state index in [9.17, 15) is 0 Å². The SMILES string of the molecule is C1=CC2=CC=C[N+]2=C1.CC(=O)[O-].O=[PH](O)O. The fourth-order valence-corrected chi connectivity index (χ4v) is 0.918. The van der Waals surface area contributed by atoms with E-state index in [0.29, 0.717) is 0 Å². The molecule has 0 spiro atoms. The van der Waals surface area contributed by atoms with Gasteiger partial charge in [-0.1, -0.05) is 0 Å². The Morgan fingerprint density at radius 2 is 1.94 bits per heavy atom. The monoisotopic (exact) mass is 245 g/mol. The first kappa shape index (κ1) is 14.5. The van der Waals surface area contributed by atoms with Crippen molar-refractivity contribution in [3.8, 4) is 0 Å². The third-order valence-corrected chi connectivity index (χ3v) is 1.33. The number of rotatable bonds is 0. The van der Waals surface area contributed by atoms with E-state index in [0.717, 1.165) is 6.92 Å². The van der Waals surface area contributed by atoms with Gasteiger partial charge in [-0.2, -0.15) is 4.58 Å². The average molecular weight is 245 g/mol. The second-order valence-corrected chi connectivity index (χ2v) is 3.19. The molecule has 0 aromatic heterocycles. The predicted octanol–water partition coefficient (Wildman–Crippen LogP) is -0.832. The Balaban J connectivity index is 0.000000244. The maximum absolute atomic E-state index is 8.89. The van der Waals surface area contributed by atoms with Gasteiger partial charge in [0.25, 0.3) is 0 Å². The first-order valence-electron chi connectivity index (χ1n) is 4.21. The second-order valence-electron chi connectivity index (χ2n) is 2.62. The first-order valence-corrected chi connectivity index (χ1v) is 5.51. The highest BCUT2D eigenvalue weighted by atomic mass is 31.1. The van der Waals surface area contributed by atoms with E-state index in [1.54, 1.807) is 0 Å². The summed E-state index contributed by atoms with van der Waals surface area (Å²) < 4.78 is 10.8. The molecule has 0 aromatic rings. The molecule has 0 radical (unpaired) electrons. The number of carbonyl (C=O) groups is 1. The van der Waals surface area contributed by atoms with E-state index in [1.807, 2.05) is 24.6 Å². The summed E-state index contributed by atoms with van der Waals surface area (Å²) in [7, 11) is -3.13. The van der Waals surface area contributed by atoms with Crippen molar-refractivity contribution in [3.05, 3.63) is 36.2 Å². The quantitative estimate of drug-likeness (QED) is 0.428. The zero-order chi connectivity index (χ0) is 12.6. The van der Waals surface area contributed by atoms with Crippen LogP contribution in [0.15, 0.2) is 36.2 Å². The van der Waals surface area contributed by atoms with Crippen molar-refractivity contribution in [1.29, 1.82) is 0 Å². The van der Waals surface area contributed by atoms with E-state index in [2.05, 4.69) is 16.7 Å². The van der Waals surface area contributed by atoms with Crippen LogP contribution in [0.2, 0.25) is 0 Å². The molecule has 0 saturated heterocycles. The molecule has 0 aromatic carbocycles. The fraction of sp³-hybridized carbons (Fsp3) is 0.111. The number of nitrogens with zero attached hydrogens (tertiary/aromatic N) is 1. The number of hydrogen-bond donors (Lipinski definition) is 2. The van der Waals surface area contributed by atoms with Gasteiger partial charge in [0.2, 0.25) is 5.70 Å². The van der Waals surface area contributed by atoms with Crippen LogP contribution in [0, 0.1) is 0 Å². The summed E-state index contributed by atoms with van der Waals surface area (Å²) in [6, 6.07) is 0. The van der Waals surface area contributed by atoms with Crippen molar-refractivity contribution in [2.45, 2.75) is 6.92 Å². The van der Waals surface area contributed by atoms with Crippen LogP contribution < -0.4 is 5.11 Å². The number of fused-ring (bicyclic) bond motifs is 1. The van der Waals surface area contributed by atoms with Gasteiger partial charge in [-0.15, -0.1) is 0 Å². The van der Waals surface area contributed by atoms with Crippen LogP contribution in [0.3, 0.4) is 0 Å². The summed E-state index contributed by atoms with van der Waals surface area (Å²) in [5, 5.41) is 8.89. The standard InChI is InChI=1S/C7H6N.C2H4O2.H3O3P/c1-3-7-4-2-6-8(7)5-1;1-2(3)4;1-4(2)3/h1-6H;1H3,(H,3,4);4H,(H2,1,2,3)/q+1;;/p-1. The number of aliphatic carboxylic acids is 1. The topological polar surface area (TPSA) is 101 Å². The lowest BCUT2D eigenvalue weighted by atomic mass is 10.4. The number of allylic oxidation sites excluding steroid dienone is 4. The number of carboxylic acid groups (broad SMARTS) is 1. The number of hydrogen-bond acceptors (Lipinski definition) is 3. The molecule has 2 N–H and O–H groups in total. The predicted molar refractivity (Wildman–Crippen MR) is 56.8 cm³/mol. The van der Waals surface area contributed by atoms with E-state index >= 15 is 0 Å². The van der Waals surface area contributed by atoms with Crippen molar-refractivity contribution in [1.82, 2.24) is 0 Å². The zero-order valence-electron chi connectivity index (χ0n) is 8.53. The maximum Gasteiger partial charge on any atom is 0.314 e. The molecular weight excluding hydrogens is 233 g/mol. The molecule has 7 heteroatoms. The highest BCUT2D eigenvalue weighted by Crippen LogP contribution is 2.10. The molecule has 0 unspecified atom stereocenters. The molecule has 16 heavy (non-hydrogen) atoms. The van der Waals surface area contributed by atoms with Crippen LogP contribution in [0.1, 0.15) is 6.92 Å². The molecule has 0 fully saturated rings. The van der Waals surface area contributed by atoms with Crippen LogP contribution in [0.25, 0.3) is 0 Å². The Morgan fingerprint density at radius 1 is 1.44 bits per heavy atom. The summed E-state index contributed by atoms with van der Waals surface area (Å²) in [4.78, 5) is 23.2. The average Bonchev–Trinajstić information content (AvgIpc) is 2.58. The Morgan fingerprint density at radius 3 is 2.38 bits per heavy atom. The van der Waals surface area contributed by atoms with Gasteiger partial charge < -0.3 is 19.7 Å². The minimum Gasteiger partial charge on any atom is -0.550 e. The molecule has 2 heterocycles. The van der Waals surface area contributed by atoms with E-state index in [1.165, 1.54) is 5.70 Å². The summed E-state index contributed by atoms with van der Waals surface area (Å²) in [5.74, 6) is -1.08. The van der Waals surface area contributed by atoms with Crippen molar-refractivity contribution >= 4 is 20.4 Å². The van der Waals surface area contributed by atoms with E-state index in [-0.39, 0.29) is 0 Å². The Bertz CT molecular complexity index is 349. The lowest BCUT2D eigenvalue weighted by molar-refractivity contribution is -0.380. The normalized spacial score (nSPS) is 14.2. The molecule has 88 valence electrons. The minimum absolute atomic E-state index is 0.972. The lowest BCUT2D eigenvalue weighted by Gasteiger charge is -1.79. The van der Waals surface area contributed by atoms with Crippen LogP contribution in [-0.2, 0) is 9.36 Å². The molecule has 2 rings (SSSR count). The maximum atomic E-state index is 8.89. The third kappa shape index (κ3) is 7.87. The van der Waals surface area contributed by atoms with Gasteiger partial charge in [0.1, 0.15) is 0 Å². The van der Waals surface area contributed by atoms with Crippen LogP contribution in [-0.4, -0.2) is 26.5 Å². The summed E-state index contributed by atoms with van der Waals surface area (Å²) in [5.41, 5.74) is 1.27. The van der Waals surface area contributed by atoms with E-state index < -0.39 is 14.2 Å². The van der Waals surface area contributed by atoms with Gasteiger partial charge in [0, 0.05) is 30.3 Å². The fourth-order valence-electron chi connectivity index (χ4n) is 0.918. The third-order valence-electron chi connectivity index (χ3n) is 1.33. The van der Waals surface area contributed by atoms with Crippen molar-refractivity contribution in [2.75, 3.05) is 0 Å². The van der Waals surface area contributed by atoms with Crippen molar-refractivity contribution < 1.29 is 28.8 Å². The lowest BCUT2D eigenvalue weighted by Crippen LogP contribution is -2.16. The molecule has 0 saturated carbocycles. The number of carbonyl (C=O) groups excluding carboxylic acids is 1. The zero-order valence-corrected chi connectivity index (χ0v) is 9.53. The highest BCUT2D eigenvalue weighted by molar-refractivity contribution is 7.30. The van der Waals surface area contributed by atoms with Crippen molar-refractivity contribution in [2.24, 2.45) is 0 Å². The Hall–Kier alpha value is -1.49. The minimum atomic E-state index is -3.13. The largest absolute Gasteiger partial charge is 0.550 e. The Kier molecular flexibility index (Phi) is 7.03. The summed E-state index contributed by atoms with van der Waals surface area (Å²) in [6.45, 7) is 0.972. The first-order chi connectivity index (χ1) is 7.43. The smallest absolute Gasteiger partial charge is 0.314 e. The van der Waals surface area contributed by atoms with Gasteiger partial charge in [-0.05, 0) is 6.92 Å². The molecule has 6 nitrogen and oxygen atoms in total.